The minimum atomic E-state index is -0.498. The zero-order valence-electron chi connectivity index (χ0n) is 27.8. The Hall–Kier alpha value is -4.47. The lowest BCUT2D eigenvalue weighted by Crippen LogP contribution is -2.40. The van der Waals surface area contributed by atoms with Crippen molar-refractivity contribution >= 4 is 16.9 Å². The fourth-order valence-electron chi connectivity index (χ4n) is 6.93. The number of ether oxygens (including phenoxy) is 2. The first-order valence-electron chi connectivity index (χ1n) is 17.5. The Morgan fingerprint density at radius 2 is 1.49 bits per heavy atom. The van der Waals surface area contributed by atoms with E-state index in [-0.39, 0.29) is 24.7 Å². The van der Waals surface area contributed by atoms with Crippen molar-refractivity contribution in [2.24, 2.45) is 0 Å². The van der Waals surface area contributed by atoms with Crippen molar-refractivity contribution in [3.8, 4) is 11.1 Å². The highest BCUT2D eigenvalue weighted by molar-refractivity contribution is 5.93. The maximum absolute atomic E-state index is 13.0. The minimum Gasteiger partial charge on any atom is -0.392 e. The standard InChI is InChI=1S/C41H44N4O4/c46-28-29-14-16-31(17-15-29)39-24-34(27-45-22-8-2-1-3-9-23-45)48-41(49-39)32-20-18-30(19-21-32)35-11-5-4-10-33(35)25-43-40(47)38-26-42-36-12-6-7-13-37(36)44-38/h4-7,10-21,26,34,39,41,46H,1-3,8-9,22-25,27-28H2,(H,43,47)/t34-,39+,41+/m0/s1. The predicted octanol–water partition coefficient (Wildman–Crippen LogP) is 7.53. The van der Waals surface area contributed by atoms with Crippen LogP contribution in [0, 0.1) is 0 Å². The molecule has 8 heteroatoms. The lowest BCUT2D eigenvalue weighted by molar-refractivity contribution is -0.253. The second-order valence-corrected chi connectivity index (χ2v) is 13.1. The van der Waals surface area contributed by atoms with Gasteiger partial charge in [-0.05, 0) is 65.9 Å². The van der Waals surface area contributed by atoms with Gasteiger partial charge in [-0.2, -0.15) is 0 Å². The molecule has 1 amide bonds. The number of para-hydroxylation sites is 2. The van der Waals surface area contributed by atoms with Gasteiger partial charge in [-0.15, -0.1) is 0 Å². The number of rotatable bonds is 9. The Bertz CT molecular complexity index is 1840. The van der Waals surface area contributed by atoms with Crippen LogP contribution in [0.4, 0.5) is 0 Å². The van der Waals surface area contributed by atoms with Crippen LogP contribution >= 0.6 is 0 Å². The van der Waals surface area contributed by atoms with Gasteiger partial charge in [0.25, 0.3) is 5.91 Å². The van der Waals surface area contributed by atoms with E-state index in [1.54, 1.807) is 0 Å². The third-order valence-corrected chi connectivity index (χ3v) is 9.66. The first-order chi connectivity index (χ1) is 24.1. The largest absolute Gasteiger partial charge is 0.392 e. The van der Waals surface area contributed by atoms with Crippen molar-refractivity contribution in [2.45, 2.75) is 70.2 Å². The third-order valence-electron chi connectivity index (χ3n) is 9.66. The Morgan fingerprint density at radius 3 is 2.27 bits per heavy atom. The van der Waals surface area contributed by atoms with Crippen LogP contribution in [0.1, 0.15) is 83.7 Å². The number of likely N-dealkylation sites (tertiary alicyclic amines) is 1. The smallest absolute Gasteiger partial charge is 0.271 e. The van der Waals surface area contributed by atoms with E-state index in [0.29, 0.717) is 17.8 Å². The van der Waals surface area contributed by atoms with Gasteiger partial charge in [0.05, 0.1) is 36.0 Å². The number of aromatic nitrogens is 2. The van der Waals surface area contributed by atoms with Gasteiger partial charge in [-0.3, -0.25) is 9.78 Å². The normalized spacial score (nSPS) is 20.4. The quantitative estimate of drug-likeness (QED) is 0.169. The van der Waals surface area contributed by atoms with Crippen LogP contribution in [0.2, 0.25) is 0 Å². The van der Waals surface area contributed by atoms with Crippen LogP contribution in [-0.2, 0) is 22.6 Å². The molecule has 0 aliphatic carbocycles. The highest BCUT2D eigenvalue weighted by Gasteiger charge is 2.33. The number of hydrogen-bond acceptors (Lipinski definition) is 7. The van der Waals surface area contributed by atoms with E-state index in [1.807, 2.05) is 54.6 Å². The van der Waals surface area contributed by atoms with Gasteiger partial charge < -0.3 is 24.8 Å². The second-order valence-electron chi connectivity index (χ2n) is 13.1. The van der Waals surface area contributed by atoms with Gasteiger partial charge in [0.1, 0.15) is 5.69 Å². The van der Waals surface area contributed by atoms with Crippen LogP contribution in [0.15, 0.2) is 103 Å². The van der Waals surface area contributed by atoms with Gasteiger partial charge in [-0.25, -0.2) is 4.98 Å². The zero-order chi connectivity index (χ0) is 33.4. The summed E-state index contributed by atoms with van der Waals surface area (Å²) < 4.78 is 13.3. The molecule has 8 nitrogen and oxygen atoms in total. The number of carbonyl (C=O) groups excluding carboxylic acids is 1. The molecular formula is C41H44N4O4. The van der Waals surface area contributed by atoms with E-state index in [4.69, 9.17) is 9.47 Å². The number of carbonyl (C=O) groups is 1. The Labute approximate surface area is 288 Å². The molecule has 252 valence electrons. The number of fused-ring (bicyclic) bond motifs is 1. The fraction of sp³-hybridized carbons (Fsp3) is 0.341. The number of aliphatic hydroxyl groups is 1. The molecule has 49 heavy (non-hydrogen) atoms. The molecule has 2 saturated heterocycles. The molecule has 4 aromatic carbocycles. The van der Waals surface area contributed by atoms with Crippen molar-refractivity contribution in [1.82, 2.24) is 20.2 Å². The van der Waals surface area contributed by atoms with E-state index < -0.39 is 6.29 Å². The van der Waals surface area contributed by atoms with E-state index in [1.165, 1.54) is 38.3 Å². The van der Waals surface area contributed by atoms with Crippen LogP contribution in [0.3, 0.4) is 0 Å². The molecule has 2 N–H and O–H groups in total. The molecule has 0 radical (unpaired) electrons. The second kappa shape index (κ2) is 15.8. The van der Waals surface area contributed by atoms with Crippen molar-refractivity contribution < 1.29 is 19.4 Å². The van der Waals surface area contributed by atoms with Crippen LogP contribution < -0.4 is 5.32 Å². The number of nitrogens with one attached hydrogen (secondary N) is 1. The van der Waals surface area contributed by atoms with Gasteiger partial charge in [0.15, 0.2) is 6.29 Å². The summed E-state index contributed by atoms with van der Waals surface area (Å²) in [6, 6.07) is 32.1. The van der Waals surface area contributed by atoms with E-state index in [0.717, 1.165) is 65.0 Å². The van der Waals surface area contributed by atoms with Gasteiger partial charge in [0.2, 0.25) is 0 Å². The maximum Gasteiger partial charge on any atom is 0.271 e. The van der Waals surface area contributed by atoms with Crippen molar-refractivity contribution in [3.63, 3.8) is 0 Å². The summed E-state index contributed by atoms with van der Waals surface area (Å²) in [6.07, 6.45) is 8.15. The predicted molar refractivity (Wildman–Crippen MR) is 191 cm³/mol. The molecule has 2 aliphatic rings. The average molecular weight is 657 g/mol. The van der Waals surface area contributed by atoms with Crippen molar-refractivity contribution in [3.05, 3.63) is 131 Å². The lowest BCUT2D eigenvalue weighted by Gasteiger charge is -2.39. The molecule has 1 aromatic heterocycles. The van der Waals surface area contributed by atoms with Crippen LogP contribution in [0.25, 0.3) is 22.2 Å². The van der Waals surface area contributed by atoms with E-state index in [2.05, 4.69) is 62.6 Å². The Morgan fingerprint density at radius 1 is 0.796 bits per heavy atom. The molecular weight excluding hydrogens is 612 g/mol. The first-order valence-corrected chi connectivity index (χ1v) is 17.5. The summed E-state index contributed by atoms with van der Waals surface area (Å²) in [5, 5.41) is 12.6. The zero-order valence-corrected chi connectivity index (χ0v) is 27.8. The summed E-state index contributed by atoms with van der Waals surface area (Å²) in [4.78, 5) is 24.5. The fourth-order valence-corrected chi connectivity index (χ4v) is 6.93. The molecule has 3 heterocycles. The SMILES string of the molecule is O=C(NCc1ccccc1-c1ccc([C@@H]2O[C@H](CN3CCCCCCC3)C[C@H](c3ccc(CO)cc3)O2)cc1)c1cnc2ccccc2n1. The minimum absolute atomic E-state index is 0.0239. The van der Waals surface area contributed by atoms with Crippen LogP contribution in [0.5, 0.6) is 0 Å². The summed E-state index contributed by atoms with van der Waals surface area (Å²) in [7, 11) is 0. The lowest BCUT2D eigenvalue weighted by atomic mass is 9.97. The molecule has 0 unspecified atom stereocenters. The molecule has 3 atom stereocenters. The van der Waals surface area contributed by atoms with Gasteiger partial charge >= 0.3 is 0 Å². The van der Waals surface area contributed by atoms with Gasteiger partial charge in [-0.1, -0.05) is 104 Å². The summed E-state index contributed by atoms with van der Waals surface area (Å²) in [5.41, 5.74) is 7.79. The third kappa shape index (κ3) is 8.23. The summed E-state index contributed by atoms with van der Waals surface area (Å²) >= 11 is 0. The monoisotopic (exact) mass is 656 g/mol. The van der Waals surface area contributed by atoms with E-state index >= 15 is 0 Å². The van der Waals surface area contributed by atoms with Gasteiger partial charge in [0, 0.05) is 25.1 Å². The van der Waals surface area contributed by atoms with E-state index in [9.17, 15) is 9.90 Å². The number of nitrogens with zero attached hydrogens (tertiary/aromatic N) is 3. The molecule has 2 aliphatic heterocycles. The van der Waals surface area contributed by atoms with Crippen molar-refractivity contribution in [2.75, 3.05) is 19.6 Å². The Balaban J connectivity index is 1.06. The highest BCUT2D eigenvalue weighted by atomic mass is 16.7. The Kier molecular flexibility index (Phi) is 10.7. The average Bonchev–Trinajstić information content (AvgIpc) is 3.15. The maximum atomic E-state index is 13.0. The number of benzene rings is 4. The molecule has 5 aromatic rings. The molecule has 7 rings (SSSR count). The highest BCUT2D eigenvalue weighted by Crippen LogP contribution is 2.39. The number of aliphatic hydroxyl groups excluding tert-OH is 1. The van der Waals surface area contributed by atoms with Crippen molar-refractivity contribution in [1.29, 1.82) is 0 Å². The summed E-state index contributed by atoms with van der Waals surface area (Å²) in [5.74, 6) is -0.263. The topological polar surface area (TPSA) is 96.8 Å². The molecule has 2 fully saturated rings. The van der Waals surface area contributed by atoms with Crippen LogP contribution in [-0.4, -0.2) is 51.6 Å². The molecule has 0 spiro atoms. The molecule has 0 saturated carbocycles. The molecule has 0 bridgehead atoms. The number of amides is 1. The number of hydrogen-bond donors (Lipinski definition) is 2. The first kappa shape index (κ1) is 33.0. The summed E-state index contributed by atoms with van der Waals surface area (Å²) in [6.45, 7) is 3.51.